The number of hydrogen-bond acceptors (Lipinski definition) is 5. The highest BCUT2D eigenvalue weighted by Gasteiger charge is 2.24. The van der Waals surface area contributed by atoms with Crippen LogP contribution in [0.25, 0.3) is 44.0 Å². The van der Waals surface area contributed by atoms with Gasteiger partial charge in [-0.15, -0.1) is 0 Å². The van der Waals surface area contributed by atoms with Crippen LogP contribution in [0.4, 0.5) is 5.69 Å². The van der Waals surface area contributed by atoms with Crippen LogP contribution in [0.5, 0.6) is 0 Å². The molecule has 2 fully saturated rings. The predicted molar refractivity (Wildman–Crippen MR) is 157 cm³/mol. The third kappa shape index (κ3) is 4.17. The molecule has 0 aliphatic carbocycles. The van der Waals surface area contributed by atoms with Crippen molar-refractivity contribution in [2.45, 2.75) is 38.5 Å². The number of carboxylic acids is 1. The number of anilines is 1. The summed E-state index contributed by atoms with van der Waals surface area (Å²) in [6.45, 7) is 3.93. The van der Waals surface area contributed by atoms with Crippen molar-refractivity contribution in [1.82, 2.24) is 4.58 Å². The normalized spacial score (nSPS) is 16.2. The molecule has 0 saturated carbocycles. The third-order valence-electron chi connectivity index (χ3n) is 8.41. The van der Waals surface area contributed by atoms with Gasteiger partial charge >= 0.3 is 11.6 Å². The molecule has 4 heterocycles. The second kappa shape index (κ2) is 9.97. The number of carbonyl (C=O) groups is 1. The molecule has 2 aliphatic heterocycles. The molecule has 2 aromatic heterocycles. The molecule has 2 aliphatic rings. The minimum Gasteiger partial charge on any atom is -0.478 e. The summed E-state index contributed by atoms with van der Waals surface area (Å²) in [6, 6.07) is 18.7. The molecule has 0 spiro atoms. The Kier molecular flexibility index (Phi) is 6.14. The fourth-order valence-corrected chi connectivity index (χ4v) is 6.39. The maximum atomic E-state index is 13.7. The number of rotatable bonds is 3. The fraction of sp³-hybridized carbons (Fsp3) is 0.303. The van der Waals surface area contributed by atoms with Gasteiger partial charge in [-0.05, 0) is 55.5 Å². The topological polar surface area (TPSA) is 86.9 Å². The number of hydrogen-bond donors (Lipinski definition) is 1. The van der Waals surface area contributed by atoms with Gasteiger partial charge in [0.25, 0.3) is 0 Å². The van der Waals surface area contributed by atoms with Crippen LogP contribution in [0, 0.1) is 0 Å². The molecule has 0 bridgehead atoms. The molecule has 2 saturated heterocycles. The smallest absolute Gasteiger partial charge is 0.348 e. The van der Waals surface area contributed by atoms with Crippen molar-refractivity contribution in [3.05, 3.63) is 82.0 Å². The molecule has 0 amide bonds. The summed E-state index contributed by atoms with van der Waals surface area (Å²) in [7, 11) is 0. The Morgan fingerprint density at radius 2 is 1.52 bits per heavy atom. The summed E-state index contributed by atoms with van der Waals surface area (Å²) in [4.78, 5) is 28.4. The standard InChI is InChI=1S/C33H30N2O5/c36-32(37)24-10-4-3-9-23(24)29-25-13-11-21(34-15-5-1-6-16-34)19-27(25)39-31-26-14-12-22(35-17-7-2-8-18-35)20-28(26)40-33(38)30(29)31/h3-4,9-14,19-20H,1-2,5-8,15-18H2/p+1. The summed E-state index contributed by atoms with van der Waals surface area (Å²) in [5.41, 5.74) is 3.11. The Morgan fingerprint density at radius 1 is 0.800 bits per heavy atom. The van der Waals surface area contributed by atoms with Crippen LogP contribution < -0.4 is 20.5 Å². The summed E-state index contributed by atoms with van der Waals surface area (Å²) >= 11 is 0. The molecule has 3 aromatic carbocycles. The number of carboxylic acid groups (broad SMARTS) is 1. The van der Waals surface area contributed by atoms with Gasteiger partial charge in [0.15, 0.2) is 5.58 Å². The van der Waals surface area contributed by atoms with Crippen molar-refractivity contribution in [1.29, 1.82) is 0 Å². The van der Waals surface area contributed by atoms with Gasteiger partial charge in [0.2, 0.25) is 5.36 Å². The van der Waals surface area contributed by atoms with E-state index in [1.54, 1.807) is 24.3 Å². The molecule has 0 atom stereocenters. The maximum Gasteiger partial charge on any atom is 0.348 e. The van der Waals surface area contributed by atoms with Crippen LogP contribution in [0.2, 0.25) is 0 Å². The molecule has 7 rings (SSSR count). The second-order valence-electron chi connectivity index (χ2n) is 10.9. The highest BCUT2D eigenvalue weighted by Crippen LogP contribution is 2.40. The highest BCUT2D eigenvalue weighted by molar-refractivity contribution is 6.16. The molecular weight excluding hydrogens is 504 g/mol. The van der Waals surface area contributed by atoms with E-state index in [2.05, 4.69) is 15.5 Å². The Labute approximate surface area is 230 Å². The zero-order chi connectivity index (χ0) is 27.2. The van der Waals surface area contributed by atoms with E-state index in [0.29, 0.717) is 38.6 Å². The van der Waals surface area contributed by atoms with Crippen molar-refractivity contribution >= 4 is 44.6 Å². The summed E-state index contributed by atoms with van der Waals surface area (Å²) in [5.74, 6) is -1.06. The number of fused-ring (bicyclic) bond motifs is 4. The SMILES string of the molecule is O=C(O)c1ccccc1-c1c2ccc(N3CCCCC3)cc2oc2c1c(=O)oc1cc(=[N+]3CCCCC3)ccc12. The van der Waals surface area contributed by atoms with Crippen LogP contribution in [-0.2, 0) is 0 Å². The number of nitrogens with zero attached hydrogens (tertiary/aromatic N) is 2. The average molecular weight is 536 g/mol. The first kappa shape index (κ1) is 24.6. The lowest BCUT2D eigenvalue weighted by molar-refractivity contribution is 0.0697. The van der Waals surface area contributed by atoms with Gasteiger partial charge in [-0.1, -0.05) is 18.2 Å². The number of aromatic carboxylic acids is 1. The van der Waals surface area contributed by atoms with Crippen LogP contribution in [0.15, 0.2) is 74.3 Å². The Morgan fingerprint density at radius 3 is 2.33 bits per heavy atom. The van der Waals surface area contributed by atoms with Crippen LogP contribution in [0.1, 0.15) is 48.9 Å². The van der Waals surface area contributed by atoms with Gasteiger partial charge in [-0.2, -0.15) is 0 Å². The fourth-order valence-electron chi connectivity index (χ4n) is 6.39. The zero-order valence-electron chi connectivity index (χ0n) is 22.3. The first-order valence-electron chi connectivity index (χ1n) is 14.2. The summed E-state index contributed by atoms with van der Waals surface area (Å²) in [5, 5.41) is 12.7. The minimum absolute atomic E-state index is 0.122. The maximum absolute atomic E-state index is 13.7. The lowest BCUT2D eigenvalue weighted by Gasteiger charge is -2.29. The molecule has 1 N–H and O–H groups in total. The number of benzene rings is 3. The monoisotopic (exact) mass is 535 g/mol. The second-order valence-corrected chi connectivity index (χ2v) is 10.9. The van der Waals surface area contributed by atoms with Gasteiger partial charge in [0, 0.05) is 54.7 Å². The van der Waals surface area contributed by atoms with E-state index >= 15 is 0 Å². The number of piperidine rings is 2. The Balaban J connectivity index is 1.57. The zero-order valence-corrected chi connectivity index (χ0v) is 22.3. The van der Waals surface area contributed by atoms with E-state index in [9.17, 15) is 14.7 Å². The molecule has 0 unspecified atom stereocenters. The van der Waals surface area contributed by atoms with Crippen LogP contribution in [0.3, 0.4) is 0 Å². The van der Waals surface area contributed by atoms with Crippen LogP contribution in [-0.4, -0.2) is 37.3 Å². The van der Waals surface area contributed by atoms with E-state index in [-0.39, 0.29) is 10.9 Å². The van der Waals surface area contributed by atoms with Crippen LogP contribution >= 0.6 is 0 Å². The van der Waals surface area contributed by atoms with Crippen molar-refractivity contribution in [3.63, 3.8) is 0 Å². The quantitative estimate of drug-likeness (QED) is 0.132. The van der Waals surface area contributed by atoms with Gasteiger partial charge in [0.1, 0.15) is 29.6 Å². The van der Waals surface area contributed by atoms with Gasteiger partial charge in [-0.3, -0.25) is 0 Å². The van der Waals surface area contributed by atoms with Gasteiger partial charge in [0.05, 0.1) is 17.0 Å². The van der Waals surface area contributed by atoms with Gasteiger partial charge in [-0.25, -0.2) is 14.2 Å². The Hall–Kier alpha value is -4.39. The molecular formula is C33H31N2O5+. The lowest BCUT2D eigenvalue weighted by Crippen LogP contribution is -2.34. The van der Waals surface area contributed by atoms with Gasteiger partial charge < -0.3 is 18.8 Å². The van der Waals surface area contributed by atoms with E-state index in [4.69, 9.17) is 8.83 Å². The summed E-state index contributed by atoms with van der Waals surface area (Å²) in [6.07, 6.45) is 7.05. The van der Waals surface area contributed by atoms with E-state index in [1.165, 1.54) is 12.8 Å². The molecule has 5 aromatic rings. The van der Waals surface area contributed by atoms with E-state index in [1.807, 2.05) is 30.3 Å². The molecule has 202 valence electrons. The first-order valence-corrected chi connectivity index (χ1v) is 14.2. The molecule has 7 nitrogen and oxygen atoms in total. The van der Waals surface area contributed by atoms with E-state index < -0.39 is 11.6 Å². The first-order chi connectivity index (χ1) is 19.6. The average Bonchev–Trinajstić information content (AvgIpc) is 3.00. The largest absolute Gasteiger partial charge is 0.478 e. The highest BCUT2D eigenvalue weighted by atomic mass is 16.4. The van der Waals surface area contributed by atoms with E-state index in [0.717, 1.165) is 62.9 Å². The lowest BCUT2D eigenvalue weighted by atomic mass is 9.93. The van der Waals surface area contributed by atoms with Crippen molar-refractivity contribution < 1.29 is 18.7 Å². The van der Waals surface area contributed by atoms with Crippen molar-refractivity contribution in [2.24, 2.45) is 0 Å². The molecule has 40 heavy (non-hydrogen) atoms. The Bertz CT molecular complexity index is 1920. The summed E-state index contributed by atoms with van der Waals surface area (Å²) < 4.78 is 14.8. The third-order valence-corrected chi connectivity index (χ3v) is 8.41. The molecule has 0 radical (unpaired) electrons. The molecule has 7 heteroatoms. The predicted octanol–water partition coefficient (Wildman–Crippen LogP) is 6.00. The van der Waals surface area contributed by atoms with Crippen molar-refractivity contribution in [3.8, 4) is 11.1 Å². The minimum atomic E-state index is -1.06. The van der Waals surface area contributed by atoms with Crippen molar-refractivity contribution in [2.75, 3.05) is 31.1 Å².